The normalized spacial score (nSPS) is 15.8. The number of fused-ring (bicyclic) bond motifs is 3. The van der Waals surface area contributed by atoms with Crippen LogP contribution in [0.4, 0.5) is 11.5 Å². The number of likely N-dealkylation sites (N-methyl/N-ethyl adjacent to an activating group) is 1. The Bertz CT molecular complexity index is 1030. The molecule has 7 heteroatoms. The summed E-state index contributed by atoms with van der Waals surface area (Å²) in [6.45, 7) is 10.4. The lowest BCUT2D eigenvalue weighted by Crippen LogP contribution is -2.35. The van der Waals surface area contributed by atoms with Crippen LogP contribution in [0.1, 0.15) is 29.9 Å². The molecule has 1 fully saturated rings. The van der Waals surface area contributed by atoms with Crippen LogP contribution in [0.2, 0.25) is 0 Å². The Morgan fingerprint density at radius 1 is 1.13 bits per heavy atom. The zero-order chi connectivity index (χ0) is 21.1. The van der Waals surface area contributed by atoms with Crippen molar-refractivity contribution >= 4 is 50.1 Å². The first kappa shape index (κ1) is 21.0. The fraction of sp³-hybridized carbons (Fsp3) is 0.478. The summed E-state index contributed by atoms with van der Waals surface area (Å²) in [5.41, 5.74) is 1.92. The van der Waals surface area contributed by atoms with Gasteiger partial charge < -0.3 is 15.5 Å². The molecular weight excluding hydrogens is 394 g/mol. The Kier molecular flexibility index (Phi) is 6.51. The van der Waals surface area contributed by atoms with Gasteiger partial charge in [0.2, 0.25) is 0 Å². The third-order valence-corrected chi connectivity index (χ3v) is 6.98. The molecule has 0 unspecified atom stereocenters. The van der Waals surface area contributed by atoms with Gasteiger partial charge in [0.1, 0.15) is 5.82 Å². The maximum atomic E-state index is 11.7. The molecule has 3 aromatic rings. The fourth-order valence-electron chi connectivity index (χ4n) is 4.24. The number of carbonyl (C=O) groups excluding carboxylic acids is 1. The average molecular weight is 426 g/mol. The van der Waals surface area contributed by atoms with Crippen molar-refractivity contribution in [2.24, 2.45) is 0 Å². The Balaban J connectivity index is 1.69. The van der Waals surface area contributed by atoms with Crippen molar-refractivity contribution in [3.05, 3.63) is 29.1 Å². The van der Waals surface area contributed by atoms with Crippen molar-refractivity contribution < 1.29 is 4.79 Å². The molecule has 2 aromatic heterocycles. The standard InChI is InChI=1S/C23H31N5OS/c1-16(2)27-11-4-12-28(14-13-27)21-8-5-17-18(26-21)6-7-19-22(17)23(20(15-29)30-19)25-10-9-24-3/h5-8,15-16,24-25H,4,9-14H2,1-3H3. The molecule has 0 radical (unpaired) electrons. The monoisotopic (exact) mass is 425 g/mol. The summed E-state index contributed by atoms with van der Waals surface area (Å²) in [6.07, 6.45) is 2.11. The van der Waals surface area contributed by atoms with Crippen LogP contribution in [-0.2, 0) is 0 Å². The largest absolute Gasteiger partial charge is 0.382 e. The van der Waals surface area contributed by atoms with Gasteiger partial charge in [0.25, 0.3) is 0 Å². The molecule has 1 saturated heterocycles. The quantitative estimate of drug-likeness (QED) is 0.443. The van der Waals surface area contributed by atoms with E-state index >= 15 is 0 Å². The van der Waals surface area contributed by atoms with Crippen molar-refractivity contribution in [3.63, 3.8) is 0 Å². The molecule has 0 bridgehead atoms. The number of nitrogens with zero attached hydrogens (tertiary/aromatic N) is 3. The molecular formula is C23H31N5OS. The number of aldehydes is 1. The number of thiophene rings is 1. The van der Waals surface area contributed by atoms with Crippen LogP contribution >= 0.6 is 11.3 Å². The molecule has 6 nitrogen and oxygen atoms in total. The highest BCUT2D eigenvalue weighted by Gasteiger charge is 2.19. The molecule has 0 spiro atoms. The fourth-order valence-corrected chi connectivity index (χ4v) is 5.25. The van der Waals surface area contributed by atoms with E-state index in [-0.39, 0.29) is 0 Å². The van der Waals surface area contributed by atoms with Gasteiger partial charge in [-0.15, -0.1) is 11.3 Å². The summed E-state index contributed by atoms with van der Waals surface area (Å²) in [5.74, 6) is 1.04. The molecule has 1 aliphatic rings. The van der Waals surface area contributed by atoms with Crippen LogP contribution in [-0.4, -0.2) is 68.5 Å². The topological polar surface area (TPSA) is 60.5 Å². The third kappa shape index (κ3) is 4.15. The van der Waals surface area contributed by atoms with E-state index in [4.69, 9.17) is 4.98 Å². The van der Waals surface area contributed by atoms with Crippen molar-refractivity contribution in [3.8, 4) is 0 Å². The van der Waals surface area contributed by atoms with Crippen LogP contribution in [0.25, 0.3) is 21.0 Å². The Hall–Kier alpha value is -2.22. The predicted molar refractivity (Wildman–Crippen MR) is 128 cm³/mol. The van der Waals surface area contributed by atoms with Gasteiger partial charge in [-0.3, -0.25) is 9.69 Å². The number of pyridine rings is 1. The minimum absolute atomic E-state index is 0.585. The maximum Gasteiger partial charge on any atom is 0.162 e. The summed E-state index contributed by atoms with van der Waals surface area (Å²) < 4.78 is 1.12. The van der Waals surface area contributed by atoms with Gasteiger partial charge in [-0.25, -0.2) is 4.98 Å². The van der Waals surface area contributed by atoms with Crippen molar-refractivity contribution in [2.75, 3.05) is 56.5 Å². The van der Waals surface area contributed by atoms with E-state index in [0.717, 1.165) is 89.3 Å². The van der Waals surface area contributed by atoms with Crippen molar-refractivity contribution in [2.45, 2.75) is 26.3 Å². The Morgan fingerprint density at radius 2 is 2.00 bits per heavy atom. The summed E-state index contributed by atoms with van der Waals surface area (Å²) in [5, 5.41) is 8.81. The lowest BCUT2D eigenvalue weighted by molar-refractivity contribution is 0.112. The first-order chi connectivity index (χ1) is 14.6. The van der Waals surface area contributed by atoms with Gasteiger partial charge in [-0.1, -0.05) is 0 Å². The second-order valence-electron chi connectivity index (χ2n) is 8.13. The second-order valence-corrected chi connectivity index (χ2v) is 9.22. The van der Waals surface area contributed by atoms with Crippen molar-refractivity contribution in [1.29, 1.82) is 0 Å². The number of carbonyl (C=O) groups is 1. The highest BCUT2D eigenvalue weighted by molar-refractivity contribution is 7.21. The van der Waals surface area contributed by atoms with Crippen LogP contribution < -0.4 is 15.5 Å². The van der Waals surface area contributed by atoms with Gasteiger partial charge in [0, 0.05) is 60.8 Å². The summed E-state index contributed by atoms with van der Waals surface area (Å²) in [7, 11) is 1.93. The minimum Gasteiger partial charge on any atom is -0.382 e. The molecule has 1 aliphatic heterocycles. The maximum absolute atomic E-state index is 11.7. The zero-order valence-electron chi connectivity index (χ0n) is 18.1. The molecule has 4 rings (SSSR count). The number of rotatable bonds is 7. The van der Waals surface area contributed by atoms with Crippen LogP contribution in [0, 0.1) is 0 Å². The van der Waals surface area contributed by atoms with Gasteiger partial charge in [-0.2, -0.15) is 0 Å². The lowest BCUT2D eigenvalue weighted by Gasteiger charge is -2.25. The first-order valence-corrected chi connectivity index (χ1v) is 11.6. The van der Waals surface area contributed by atoms with Crippen LogP contribution in [0.5, 0.6) is 0 Å². The van der Waals surface area contributed by atoms with E-state index in [2.05, 4.69) is 58.5 Å². The lowest BCUT2D eigenvalue weighted by atomic mass is 10.1. The summed E-state index contributed by atoms with van der Waals surface area (Å²) >= 11 is 1.54. The highest BCUT2D eigenvalue weighted by Crippen LogP contribution is 2.39. The third-order valence-electron chi connectivity index (χ3n) is 5.90. The summed E-state index contributed by atoms with van der Waals surface area (Å²) in [4.78, 5) is 22.4. The van der Waals surface area contributed by atoms with E-state index in [1.807, 2.05) is 7.05 Å². The predicted octanol–water partition coefficient (Wildman–Crippen LogP) is 3.81. The molecule has 0 atom stereocenters. The number of hydrogen-bond acceptors (Lipinski definition) is 7. The zero-order valence-corrected chi connectivity index (χ0v) is 18.9. The minimum atomic E-state index is 0.585. The molecule has 3 heterocycles. The number of anilines is 2. The van der Waals surface area contributed by atoms with Gasteiger partial charge in [0.15, 0.2) is 6.29 Å². The first-order valence-electron chi connectivity index (χ1n) is 10.8. The van der Waals surface area contributed by atoms with Gasteiger partial charge in [-0.05, 0) is 51.6 Å². The molecule has 0 aliphatic carbocycles. The van der Waals surface area contributed by atoms with E-state index in [0.29, 0.717) is 6.04 Å². The van der Waals surface area contributed by atoms with Gasteiger partial charge in [0.05, 0.1) is 16.1 Å². The Morgan fingerprint density at radius 3 is 2.77 bits per heavy atom. The number of hydrogen-bond donors (Lipinski definition) is 2. The number of nitrogens with one attached hydrogen (secondary N) is 2. The number of benzene rings is 1. The van der Waals surface area contributed by atoms with E-state index in [1.54, 1.807) is 11.3 Å². The van der Waals surface area contributed by atoms with Crippen molar-refractivity contribution in [1.82, 2.24) is 15.2 Å². The second kappa shape index (κ2) is 9.29. The smallest absolute Gasteiger partial charge is 0.162 e. The Labute approximate surface area is 182 Å². The summed E-state index contributed by atoms with van der Waals surface area (Å²) in [6, 6.07) is 9.08. The highest BCUT2D eigenvalue weighted by atomic mass is 32.1. The average Bonchev–Trinajstić information content (AvgIpc) is 2.93. The molecule has 0 saturated carbocycles. The SMILES string of the molecule is CNCCNc1c(C=O)sc2ccc3nc(N4CCCN(C(C)C)CC4)ccc3c12. The van der Waals surface area contributed by atoms with Crippen LogP contribution in [0.3, 0.4) is 0 Å². The van der Waals surface area contributed by atoms with Crippen LogP contribution in [0.15, 0.2) is 24.3 Å². The molecule has 30 heavy (non-hydrogen) atoms. The molecule has 0 amide bonds. The van der Waals surface area contributed by atoms with E-state index in [9.17, 15) is 4.79 Å². The van der Waals surface area contributed by atoms with E-state index < -0.39 is 0 Å². The molecule has 160 valence electrons. The van der Waals surface area contributed by atoms with Gasteiger partial charge >= 0.3 is 0 Å². The molecule has 1 aromatic carbocycles. The molecule has 2 N–H and O–H groups in total. The number of aromatic nitrogens is 1. The van der Waals surface area contributed by atoms with E-state index in [1.165, 1.54) is 0 Å².